The number of hydrogen-bond acceptors (Lipinski definition) is 6. The monoisotopic (exact) mass is 493 g/mol. The molecule has 7 nitrogen and oxygen atoms in total. The fourth-order valence-electron chi connectivity index (χ4n) is 2.94. The van der Waals surface area contributed by atoms with Crippen LogP contribution in [0, 0.1) is 0 Å². The lowest BCUT2D eigenvalue weighted by Crippen LogP contribution is -2.17. The summed E-state index contributed by atoms with van der Waals surface area (Å²) >= 11 is 11.9. The van der Waals surface area contributed by atoms with E-state index in [1.165, 1.54) is 36.4 Å². The highest BCUT2D eigenvalue weighted by Crippen LogP contribution is 2.32. The van der Waals surface area contributed by atoms with E-state index in [2.05, 4.69) is 4.72 Å². The molecular weight excluding hydrogens is 477 g/mol. The van der Waals surface area contributed by atoms with Crippen LogP contribution in [-0.4, -0.2) is 27.6 Å². The fourth-order valence-corrected chi connectivity index (χ4v) is 4.48. The van der Waals surface area contributed by atoms with Gasteiger partial charge in [-0.15, -0.1) is 0 Å². The predicted octanol–water partition coefficient (Wildman–Crippen LogP) is 4.92. The Kier molecular flexibility index (Phi) is 6.45. The van der Waals surface area contributed by atoms with Gasteiger partial charge in [-0.1, -0.05) is 29.3 Å². The van der Waals surface area contributed by atoms with Gasteiger partial charge in [-0.3, -0.25) is 4.72 Å². The second kappa shape index (κ2) is 9.28. The Balaban J connectivity index is 1.41. The van der Waals surface area contributed by atoms with Crippen molar-refractivity contribution in [2.75, 3.05) is 17.9 Å². The zero-order valence-corrected chi connectivity index (χ0v) is 18.8. The van der Waals surface area contributed by atoms with Gasteiger partial charge >= 0.3 is 5.97 Å². The first kappa shape index (κ1) is 22.3. The number of nitrogens with one attached hydrogen (secondary N) is 1. The molecule has 0 radical (unpaired) electrons. The van der Waals surface area contributed by atoms with Crippen LogP contribution in [0.4, 0.5) is 5.69 Å². The minimum Gasteiger partial charge on any atom is -0.486 e. The summed E-state index contributed by atoms with van der Waals surface area (Å²) in [5.74, 6) is 0.299. The van der Waals surface area contributed by atoms with Crippen LogP contribution >= 0.6 is 23.2 Å². The molecule has 0 unspecified atom stereocenters. The van der Waals surface area contributed by atoms with Gasteiger partial charge in [-0.2, -0.15) is 0 Å². The van der Waals surface area contributed by atoms with Gasteiger partial charge < -0.3 is 14.2 Å². The summed E-state index contributed by atoms with van der Waals surface area (Å²) < 4.78 is 44.0. The number of benzene rings is 3. The van der Waals surface area contributed by atoms with Gasteiger partial charge in [-0.25, -0.2) is 13.2 Å². The van der Waals surface area contributed by atoms with E-state index in [1.54, 1.807) is 24.3 Å². The van der Waals surface area contributed by atoms with Crippen molar-refractivity contribution < 1.29 is 27.4 Å². The third kappa shape index (κ3) is 5.09. The van der Waals surface area contributed by atoms with Gasteiger partial charge in [0.15, 0.2) is 11.5 Å². The molecule has 10 heteroatoms. The van der Waals surface area contributed by atoms with E-state index in [-0.39, 0.29) is 22.8 Å². The van der Waals surface area contributed by atoms with Crippen molar-refractivity contribution in [2.24, 2.45) is 0 Å². The molecular formula is C22H17Cl2NO6S. The van der Waals surface area contributed by atoms with Crippen LogP contribution in [0.2, 0.25) is 10.0 Å². The average molecular weight is 494 g/mol. The summed E-state index contributed by atoms with van der Waals surface area (Å²) in [5, 5.41) is 0.883. The Morgan fingerprint density at radius 3 is 2.38 bits per heavy atom. The van der Waals surface area contributed by atoms with E-state index in [1.807, 2.05) is 0 Å². The molecule has 0 fully saturated rings. The fraction of sp³-hybridized carbons (Fsp3) is 0.136. The van der Waals surface area contributed by atoms with Crippen LogP contribution in [0.25, 0.3) is 0 Å². The molecule has 166 valence electrons. The molecule has 0 aliphatic carbocycles. The van der Waals surface area contributed by atoms with Crippen LogP contribution in [0.1, 0.15) is 15.9 Å². The Labute approximate surface area is 194 Å². The van der Waals surface area contributed by atoms with Gasteiger partial charge in [0.25, 0.3) is 10.0 Å². The molecule has 0 spiro atoms. The van der Waals surface area contributed by atoms with Gasteiger partial charge in [-0.05, 0) is 48.5 Å². The minimum atomic E-state index is -3.86. The summed E-state index contributed by atoms with van der Waals surface area (Å²) in [6, 6.07) is 15.2. The summed E-state index contributed by atoms with van der Waals surface area (Å²) in [6.45, 7) is 0.748. The molecule has 1 aliphatic heterocycles. The molecule has 3 aromatic rings. The molecule has 0 aromatic heterocycles. The lowest BCUT2D eigenvalue weighted by molar-refractivity contribution is 0.0473. The third-order valence-electron chi connectivity index (χ3n) is 4.57. The zero-order valence-electron chi connectivity index (χ0n) is 16.5. The molecule has 1 heterocycles. The first-order valence-corrected chi connectivity index (χ1v) is 11.7. The maximum atomic E-state index is 12.7. The van der Waals surface area contributed by atoms with E-state index in [4.69, 9.17) is 37.4 Å². The van der Waals surface area contributed by atoms with Crippen molar-refractivity contribution in [3.8, 4) is 11.5 Å². The van der Waals surface area contributed by atoms with Gasteiger partial charge in [0.1, 0.15) is 19.8 Å². The standard InChI is InChI=1S/C22H17Cl2NO6S/c23-16-4-1-15(19(24)11-16)13-31-22(26)14-2-5-17(6-3-14)25-32(27,28)18-7-8-20-21(12-18)30-10-9-29-20/h1-8,11-12,25H,9-10,13H2. The van der Waals surface area contributed by atoms with Gasteiger partial charge in [0.2, 0.25) is 0 Å². The second-order valence-electron chi connectivity index (χ2n) is 6.80. The van der Waals surface area contributed by atoms with E-state index in [9.17, 15) is 13.2 Å². The summed E-state index contributed by atoms with van der Waals surface area (Å²) in [4.78, 5) is 12.3. The first-order chi connectivity index (χ1) is 15.3. The Bertz CT molecular complexity index is 1260. The number of carbonyl (C=O) groups is 1. The highest BCUT2D eigenvalue weighted by molar-refractivity contribution is 7.92. The summed E-state index contributed by atoms with van der Waals surface area (Å²) in [7, 11) is -3.86. The number of halogens is 2. The number of carbonyl (C=O) groups excluding carboxylic acids is 1. The third-order valence-corrected chi connectivity index (χ3v) is 6.54. The number of sulfonamides is 1. The predicted molar refractivity (Wildman–Crippen MR) is 120 cm³/mol. The average Bonchev–Trinajstić information content (AvgIpc) is 2.78. The molecule has 0 saturated carbocycles. The highest BCUT2D eigenvalue weighted by Gasteiger charge is 2.20. The molecule has 4 rings (SSSR count). The molecule has 0 amide bonds. The minimum absolute atomic E-state index is 0.0205. The molecule has 0 atom stereocenters. The van der Waals surface area contributed by atoms with Crippen LogP contribution in [0.15, 0.2) is 65.6 Å². The maximum absolute atomic E-state index is 12.7. The summed E-state index contributed by atoms with van der Waals surface area (Å²) in [6.07, 6.45) is 0. The van der Waals surface area contributed by atoms with Crippen molar-refractivity contribution in [1.82, 2.24) is 0 Å². The SMILES string of the molecule is O=C(OCc1ccc(Cl)cc1Cl)c1ccc(NS(=O)(=O)c2ccc3c(c2)OCCO3)cc1. The molecule has 1 N–H and O–H groups in total. The number of hydrogen-bond donors (Lipinski definition) is 1. The smallest absolute Gasteiger partial charge is 0.338 e. The lowest BCUT2D eigenvalue weighted by atomic mass is 10.2. The maximum Gasteiger partial charge on any atom is 0.338 e. The first-order valence-electron chi connectivity index (χ1n) is 9.45. The second-order valence-corrected chi connectivity index (χ2v) is 9.33. The quantitative estimate of drug-likeness (QED) is 0.489. The Hall–Kier alpha value is -2.94. The van der Waals surface area contributed by atoms with Crippen LogP contribution in [0.5, 0.6) is 11.5 Å². The van der Waals surface area contributed by atoms with E-state index < -0.39 is 16.0 Å². The molecule has 0 saturated heterocycles. The molecule has 32 heavy (non-hydrogen) atoms. The molecule has 0 bridgehead atoms. The van der Waals surface area contributed by atoms with Crippen LogP contribution in [0.3, 0.4) is 0 Å². The van der Waals surface area contributed by atoms with E-state index in [0.29, 0.717) is 40.3 Å². The molecule has 3 aromatic carbocycles. The lowest BCUT2D eigenvalue weighted by Gasteiger charge is -2.19. The zero-order chi connectivity index (χ0) is 22.7. The van der Waals surface area contributed by atoms with Gasteiger partial charge in [0, 0.05) is 27.4 Å². The number of fused-ring (bicyclic) bond motifs is 1. The topological polar surface area (TPSA) is 90.9 Å². The Morgan fingerprint density at radius 2 is 1.66 bits per heavy atom. The van der Waals surface area contributed by atoms with Crippen molar-refractivity contribution in [3.63, 3.8) is 0 Å². The molecule has 1 aliphatic rings. The number of anilines is 1. The van der Waals surface area contributed by atoms with Gasteiger partial charge in [0.05, 0.1) is 10.5 Å². The van der Waals surface area contributed by atoms with E-state index >= 15 is 0 Å². The van der Waals surface area contributed by atoms with Crippen LogP contribution < -0.4 is 14.2 Å². The van der Waals surface area contributed by atoms with Crippen molar-refractivity contribution in [3.05, 3.63) is 81.8 Å². The Morgan fingerprint density at radius 1 is 0.938 bits per heavy atom. The largest absolute Gasteiger partial charge is 0.486 e. The van der Waals surface area contributed by atoms with Crippen molar-refractivity contribution >= 4 is 44.9 Å². The van der Waals surface area contributed by atoms with Crippen molar-refractivity contribution in [2.45, 2.75) is 11.5 Å². The van der Waals surface area contributed by atoms with Crippen LogP contribution in [-0.2, 0) is 21.4 Å². The van der Waals surface area contributed by atoms with Crippen molar-refractivity contribution in [1.29, 1.82) is 0 Å². The summed E-state index contributed by atoms with van der Waals surface area (Å²) in [5.41, 5.74) is 1.17. The number of ether oxygens (including phenoxy) is 3. The number of rotatable bonds is 6. The van der Waals surface area contributed by atoms with E-state index in [0.717, 1.165) is 0 Å². The normalized spacial score (nSPS) is 12.8. The number of esters is 1. The highest BCUT2D eigenvalue weighted by atomic mass is 35.5.